The number of nitro groups is 1. The summed E-state index contributed by atoms with van der Waals surface area (Å²) in [5.41, 5.74) is 0.737. The van der Waals surface area contributed by atoms with Gasteiger partial charge in [-0.25, -0.2) is 0 Å². The lowest BCUT2D eigenvalue weighted by Crippen LogP contribution is -2.47. The van der Waals surface area contributed by atoms with Crippen LogP contribution in [0.4, 0.5) is 30.2 Å². The molecule has 2 aromatic rings. The molecule has 2 fully saturated rings. The highest BCUT2D eigenvalue weighted by atomic mass is 19.4. The number of nitrogens with one attached hydrogen (secondary N) is 1. The number of hydrogen-bond donors (Lipinski definition) is 1. The Labute approximate surface area is 222 Å². The number of hydrogen-bond acceptors (Lipinski definition) is 6. The molecule has 2 aliphatic heterocycles. The van der Waals surface area contributed by atoms with E-state index in [-0.39, 0.29) is 11.7 Å². The van der Waals surface area contributed by atoms with Crippen LogP contribution in [0, 0.1) is 10.1 Å². The minimum absolute atomic E-state index is 0.0164. The van der Waals surface area contributed by atoms with Gasteiger partial charge in [0.05, 0.1) is 4.92 Å². The number of anilines is 2. The van der Waals surface area contributed by atoms with Gasteiger partial charge in [0.1, 0.15) is 5.56 Å². The molecule has 0 atom stereocenters. The van der Waals surface area contributed by atoms with Crippen LogP contribution in [0.3, 0.4) is 0 Å². The normalized spacial score (nSPS) is 18.1. The number of piperidine rings is 1. The molecule has 0 aromatic heterocycles. The molecule has 0 radical (unpaired) electrons. The van der Waals surface area contributed by atoms with Crippen LogP contribution in [-0.2, 0) is 6.18 Å². The molecular weight excluding hydrogens is 495 g/mol. The molecule has 4 rings (SSSR count). The summed E-state index contributed by atoms with van der Waals surface area (Å²) in [5, 5.41) is 14.2. The zero-order valence-electron chi connectivity index (χ0n) is 21.8. The quantitative estimate of drug-likeness (QED) is 0.317. The molecule has 0 aliphatic carbocycles. The van der Waals surface area contributed by atoms with E-state index in [0.29, 0.717) is 0 Å². The van der Waals surface area contributed by atoms with Crippen molar-refractivity contribution in [3.8, 4) is 0 Å². The van der Waals surface area contributed by atoms with Crippen LogP contribution in [0.2, 0.25) is 0 Å². The smallest absolute Gasteiger partial charge is 0.382 e. The van der Waals surface area contributed by atoms with Gasteiger partial charge in [0.15, 0.2) is 0 Å². The number of allylic oxidation sites excluding steroid dienone is 1. The van der Waals surface area contributed by atoms with Crippen LogP contribution >= 0.6 is 0 Å². The number of rotatable bonds is 9. The van der Waals surface area contributed by atoms with Crippen LogP contribution in [-0.4, -0.2) is 66.6 Å². The topological polar surface area (TPSA) is 64.9 Å². The lowest BCUT2D eigenvalue weighted by molar-refractivity contribution is -0.388. The maximum absolute atomic E-state index is 13.3. The first kappa shape index (κ1) is 27.8. The Balaban J connectivity index is 1.27. The van der Waals surface area contributed by atoms with E-state index in [1.165, 1.54) is 17.5 Å². The third kappa shape index (κ3) is 7.18. The lowest BCUT2D eigenvalue weighted by Gasteiger charge is -2.38. The highest BCUT2D eigenvalue weighted by Crippen LogP contribution is 2.38. The van der Waals surface area contributed by atoms with Gasteiger partial charge in [0, 0.05) is 75.0 Å². The second-order valence-electron chi connectivity index (χ2n) is 9.91. The number of para-hydroxylation sites is 1. The first-order chi connectivity index (χ1) is 18.2. The van der Waals surface area contributed by atoms with Crippen molar-refractivity contribution in [2.75, 3.05) is 56.0 Å². The highest BCUT2D eigenvalue weighted by Gasteiger charge is 2.38. The van der Waals surface area contributed by atoms with Crippen molar-refractivity contribution in [3.05, 3.63) is 76.0 Å². The summed E-state index contributed by atoms with van der Waals surface area (Å²) in [6.45, 7) is 8.91. The summed E-state index contributed by atoms with van der Waals surface area (Å²) in [4.78, 5) is 17.4. The summed E-state index contributed by atoms with van der Waals surface area (Å²) < 4.78 is 40.0. The number of halogens is 3. The van der Waals surface area contributed by atoms with E-state index in [1.807, 2.05) is 6.07 Å². The molecule has 206 valence electrons. The number of likely N-dealkylation sites (tertiary alicyclic amines) is 1. The summed E-state index contributed by atoms with van der Waals surface area (Å²) in [5.74, 6) is 0. The second-order valence-corrected chi connectivity index (χ2v) is 9.91. The van der Waals surface area contributed by atoms with Crippen molar-refractivity contribution in [3.63, 3.8) is 0 Å². The molecule has 0 amide bonds. The average Bonchev–Trinajstić information content (AvgIpc) is 2.92. The molecule has 7 nitrogen and oxygen atoms in total. The summed E-state index contributed by atoms with van der Waals surface area (Å²) >= 11 is 0. The van der Waals surface area contributed by atoms with Gasteiger partial charge in [-0.05, 0) is 49.9 Å². The maximum Gasteiger partial charge on any atom is 0.423 e. The molecule has 0 unspecified atom stereocenters. The lowest BCUT2D eigenvalue weighted by atomic mass is 10.0. The van der Waals surface area contributed by atoms with Gasteiger partial charge < -0.3 is 15.1 Å². The molecule has 2 aliphatic rings. The highest BCUT2D eigenvalue weighted by molar-refractivity contribution is 5.55. The van der Waals surface area contributed by atoms with E-state index in [0.717, 1.165) is 83.6 Å². The first-order valence-electron chi connectivity index (χ1n) is 13.3. The SMILES string of the molecule is CC/C=C(\CCN1CCN(c2ccccc2)CC1)N1CCC(Nc2ccc([N+](=O)[O-])c(C(F)(F)F)c2)CC1. The Morgan fingerprint density at radius 2 is 1.74 bits per heavy atom. The third-order valence-corrected chi connectivity index (χ3v) is 7.39. The Kier molecular flexibility index (Phi) is 9.14. The third-order valence-electron chi connectivity index (χ3n) is 7.39. The average molecular weight is 532 g/mol. The van der Waals surface area contributed by atoms with Gasteiger partial charge in [-0.15, -0.1) is 0 Å². The molecule has 10 heteroatoms. The zero-order chi connectivity index (χ0) is 27.1. The molecule has 0 spiro atoms. The van der Waals surface area contributed by atoms with Crippen molar-refractivity contribution in [1.29, 1.82) is 0 Å². The predicted octanol–water partition coefficient (Wildman–Crippen LogP) is 6.00. The fraction of sp³-hybridized carbons (Fsp3) is 0.500. The summed E-state index contributed by atoms with van der Waals surface area (Å²) in [7, 11) is 0. The van der Waals surface area contributed by atoms with Crippen LogP contribution in [0.1, 0.15) is 38.2 Å². The second kappa shape index (κ2) is 12.5. The Morgan fingerprint density at radius 1 is 1.05 bits per heavy atom. The number of benzene rings is 2. The first-order valence-corrected chi connectivity index (χ1v) is 13.3. The minimum Gasteiger partial charge on any atom is -0.382 e. The van der Waals surface area contributed by atoms with Crippen LogP contribution in [0.5, 0.6) is 0 Å². The van der Waals surface area contributed by atoms with Gasteiger partial charge in [-0.1, -0.05) is 31.2 Å². The predicted molar refractivity (Wildman–Crippen MR) is 144 cm³/mol. The zero-order valence-corrected chi connectivity index (χ0v) is 21.8. The Morgan fingerprint density at radius 3 is 2.34 bits per heavy atom. The van der Waals surface area contributed by atoms with Crippen molar-refractivity contribution >= 4 is 17.1 Å². The number of piperazine rings is 1. The van der Waals surface area contributed by atoms with E-state index >= 15 is 0 Å². The molecule has 0 saturated carbocycles. The number of alkyl halides is 3. The molecule has 1 N–H and O–H groups in total. The van der Waals surface area contributed by atoms with Crippen molar-refractivity contribution in [1.82, 2.24) is 9.80 Å². The molecule has 2 heterocycles. The Bertz CT molecular complexity index is 1090. The number of nitro benzene ring substituents is 1. The van der Waals surface area contributed by atoms with Crippen molar-refractivity contribution in [2.45, 2.75) is 44.8 Å². The monoisotopic (exact) mass is 531 g/mol. The van der Waals surface area contributed by atoms with Gasteiger partial charge in [0.25, 0.3) is 5.69 Å². The molecule has 2 aromatic carbocycles. The van der Waals surface area contributed by atoms with E-state index < -0.39 is 22.4 Å². The summed E-state index contributed by atoms with van der Waals surface area (Å²) in [6, 6.07) is 13.7. The van der Waals surface area contributed by atoms with Crippen LogP contribution < -0.4 is 10.2 Å². The van der Waals surface area contributed by atoms with E-state index in [9.17, 15) is 23.3 Å². The van der Waals surface area contributed by atoms with Gasteiger partial charge in [-0.3, -0.25) is 15.0 Å². The minimum atomic E-state index is -4.78. The molecule has 38 heavy (non-hydrogen) atoms. The van der Waals surface area contributed by atoms with E-state index in [4.69, 9.17) is 0 Å². The van der Waals surface area contributed by atoms with Gasteiger partial charge >= 0.3 is 6.18 Å². The van der Waals surface area contributed by atoms with Gasteiger partial charge in [0.2, 0.25) is 0 Å². The van der Waals surface area contributed by atoms with Crippen LogP contribution in [0.25, 0.3) is 0 Å². The standard InChI is InChI=1S/C28H36F3N5O2/c1-2-6-24(13-14-33-17-19-35(20-18-33)25-7-4-3-5-8-25)34-15-11-22(12-16-34)32-23-9-10-27(36(37)38)26(21-23)28(29,30)31/h3-10,21-22,32H,2,11-20H2,1H3/b24-6+. The molecule has 2 saturated heterocycles. The summed E-state index contributed by atoms with van der Waals surface area (Å²) in [6.07, 6.45) is 1.02. The van der Waals surface area contributed by atoms with E-state index in [1.54, 1.807) is 0 Å². The van der Waals surface area contributed by atoms with Crippen molar-refractivity contribution < 1.29 is 18.1 Å². The largest absolute Gasteiger partial charge is 0.423 e. The fourth-order valence-corrected chi connectivity index (χ4v) is 5.32. The van der Waals surface area contributed by atoms with Gasteiger partial charge in [-0.2, -0.15) is 13.2 Å². The maximum atomic E-state index is 13.3. The van der Waals surface area contributed by atoms with E-state index in [2.05, 4.69) is 57.3 Å². The Hall–Kier alpha value is -3.27. The fourth-order valence-electron chi connectivity index (χ4n) is 5.32. The van der Waals surface area contributed by atoms with Crippen molar-refractivity contribution in [2.24, 2.45) is 0 Å². The number of nitrogens with zero attached hydrogens (tertiary/aromatic N) is 4. The van der Waals surface area contributed by atoms with Crippen LogP contribution in [0.15, 0.2) is 60.3 Å². The molecule has 0 bridgehead atoms. The molecular formula is C28H36F3N5O2.